The number of rotatable bonds is 1. The van der Waals surface area contributed by atoms with E-state index in [2.05, 4.69) is 20.9 Å². The smallest absolute Gasteiger partial charge is 0.162 e. The first-order chi connectivity index (χ1) is 9.22. The van der Waals surface area contributed by atoms with Gasteiger partial charge in [0.1, 0.15) is 6.07 Å². The number of nitriles is 1. The van der Waals surface area contributed by atoms with Crippen LogP contribution in [0.3, 0.4) is 0 Å². The molecule has 1 aliphatic carbocycles. The molecule has 1 aliphatic rings. The van der Waals surface area contributed by atoms with Gasteiger partial charge in [-0.2, -0.15) is 5.26 Å². The normalized spacial score (nSPS) is 13.9. The lowest BCUT2D eigenvalue weighted by atomic mass is 10.0. The Balaban J connectivity index is 2.16. The number of nitrogens with zero attached hydrogens (tertiary/aromatic N) is 3. The fraction of sp³-hybridized carbons (Fsp3) is 0.286. The van der Waals surface area contributed by atoms with E-state index in [1.54, 1.807) is 23.0 Å². The number of hydrogen-bond acceptors (Lipinski definition) is 2. The molecule has 1 heterocycles. The first-order valence-corrected chi connectivity index (χ1v) is 6.95. The Bertz CT molecular complexity index is 685. The lowest BCUT2D eigenvalue weighted by Crippen LogP contribution is -2.08. The molecule has 5 heteroatoms. The van der Waals surface area contributed by atoms with Gasteiger partial charge < -0.3 is 4.57 Å². The topological polar surface area (TPSA) is 41.6 Å². The van der Waals surface area contributed by atoms with Gasteiger partial charge in [0.2, 0.25) is 0 Å². The van der Waals surface area contributed by atoms with Crippen LogP contribution in [0.15, 0.2) is 22.9 Å². The van der Waals surface area contributed by atoms with E-state index in [-0.39, 0.29) is 4.47 Å². The van der Waals surface area contributed by atoms with Gasteiger partial charge in [-0.1, -0.05) is 0 Å². The van der Waals surface area contributed by atoms with E-state index in [9.17, 15) is 4.39 Å². The first-order valence-electron chi connectivity index (χ1n) is 6.16. The summed E-state index contributed by atoms with van der Waals surface area (Å²) < 4.78 is 16.4. The molecular weight excluding hydrogens is 309 g/mol. The Morgan fingerprint density at radius 1 is 1.32 bits per heavy atom. The first kappa shape index (κ1) is 12.4. The molecule has 1 aromatic heterocycles. The molecule has 96 valence electrons. The number of aromatic nitrogens is 2. The summed E-state index contributed by atoms with van der Waals surface area (Å²) in [6.07, 6.45) is 5.81. The van der Waals surface area contributed by atoms with Crippen LogP contribution in [-0.2, 0) is 12.8 Å². The van der Waals surface area contributed by atoms with E-state index < -0.39 is 5.82 Å². The number of benzene rings is 1. The minimum atomic E-state index is -0.412. The third kappa shape index (κ3) is 1.96. The maximum atomic E-state index is 14.3. The fourth-order valence-corrected chi connectivity index (χ4v) is 2.91. The van der Waals surface area contributed by atoms with Crippen LogP contribution in [0.25, 0.3) is 5.69 Å². The zero-order chi connectivity index (χ0) is 13.4. The summed E-state index contributed by atoms with van der Waals surface area (Å²) in [7, 11) is 0. The summed E-state index contributed by atoms with van der Waals surface area (Å²) in [6, 6.07) is 5.22. The van der Waals surface area contributed by atoms with Crippen molar-refractivity contribution in [3.63, 3.8) is 0 Å². The second kappa shape index (κ2) is 4.78. The summed E-state index contributed by atoms with van der Waals surface area (Å²) in [6.45, 7) is 0. The van der Waals surface area contributed by atoms with Crippen molar-refractivity contribution in [2.24, 2.45) is 0 Å². The average molecular weight is 320 g/mol. The summed E-state index contributed by atoms with van der Waals surface area (Å²) in [4.78, 5) is 4.36. The van der Waals surface area contributed by atoms with Gasteiger partial charge >= 0.3 is 0 Å². The lowest BCUT2D eigenvalue weighted by Gasteiger charge is -2.15. The van der Waals surface area contributed by atoms with Crippen LogP contribution in [0.1, 0.15) is 29.8 Å². The minimum absolute atomic E-state index is 0.214. The number of imidazole rings is 1. The number of aryl methyl sites for hydroxylation is 1. The van der Waals surface area contributed by atoms with Crippen LogP contribution < -0.4 is 0 Å². The molecule has 0 spiro atoms. The average Bonchev–Trinajstić information content (AvgIpc) is 2.86. The summed E-state index contributed by atoms with van der Waals surface area (Å²) in [5.74, 6) is -0.412. The largest absolute Gasteiger partial charge is 0.300 e. The Morgan fingerprint density at radius 2 is 2.11 bits per heavy atom. The molecule has 0 atom stereocenters. The molecule has 0 amide bonds. The van der Waals surface area contributed by atoms with E-state index in [1.165, 1.54) is 0 Å². The molecule has 3 rings (SSSR count). The Kier molecular flexibility index (Phi) is 3.11. The molecule has 0 radical (unpaired) electrons. The van der Waals surface area contributed by atoms with E-state index in [0.717, 1.165) is 37.1 Å². The Morgan fingerprint density at radius 3 is 2.89 bits per heavy atom. The molecule has 0 bridgehead atoms. The van der Waals surface area contributed by atoms with Crippen molar-refractivity contribution >= 4 is 15.9 Å². The molecule has 0 saturated carbocycles. The minimum Gasteiger partial charge on any atom is -0.300 e. The number of hydrogen-bond donors (Lipinski definition) is 0. The molecule has 0 fully saturated rings. The molecule has 0 aliphatic heterocycles. The van der Waals surface area contributed by atoms with Crippen molar-refractivity contribution in [2.45, 2.75) is 25.7 Å². The van der Waals surface area contributed by atoms with Crippen molar-refractivity contribution in [2.75, 3.05) is 0 Å². The maximum absolute atomic E-state index is 14.3. The van der Waals surface area contributed by atoms with Gasteiger partial charge in [0.05, 0.1) is 27.7 Å². The van der Waals surface area contributed by atoms with Crippen LogP contribution >= 0.6 is 15.9 Å². The van der Waals surface area contributed by atoms with E-state index in [4.69, 9.17) is 5.26 Å². The molecule has 0 saturated heterocycles. The third-order valence-electron chi connectivity index (χ3n) is 3.47. The van der Waals surface area contributed by atoms with Gasteiger partial charge in [-0.05, 0) is 53.7 Å². The van der Waals surface area contributed by atoms with Gasteiger partial charge in [-0.25, -0.2) is 9.37 Å². The Hall–Kier alpha value is -1.67. The van der Waals surface area contributed by atoms with Gasteiger partial charge in [-0.3, -0.25) is 0 Å². The van der Waals surface area contributed by atoms with E-state index >= 15 is 0 Å². The molecule has 2 aromatic rings. The van der Waals surface area contributed by atoms with Crippen molar-refractivity contribution in [1.29, 1.82) is 5.26 Å². The van der Waals surface area contributed by atoms with Crippen molar-refractivity contribution in [3.05, 3.63) is 45.7 Å². The SMILES string of the molecule is N#Cc1ccc(-n2cnc3c2CCCC3)c(F)c1Br. The molecule has 0 N–H and O–H groups in total. The van der Waals surface area contributed by atoms with Crippen molar-refractivity contribution in [1.82, 2.24) is 9.55 Å². The van der Waals surface area contributed by atoms with E-state index in [1.807, 2.05) is 6.07 Å². The zero-order valence-electron chi connectivity index (χ0n) is 10.2. The maximum Gasteiger partial charge on any atom is 0.162 e. The predicted molar refractivity (Wildman–Crippen MR) is 72.6 cm³/mol. The van der Waals surface area contributed by atoms with Gasteiger partial charge in [0, 0.05) is 5.69 Å². The highest BCUT2D eigenvalue weighted by atomic mass is 79.9. The standard InChI is InChI=1S/C14H11BrFN3/c15-13-9(7-17)5-6-12(14(13)16)19-8-18-10-3-1-2-4-11(10)19/h5-6,8H,1-4H2. The highest BCUT2D eigenvalue weighted by Crippen LogP contribution is 2.29. The zero-order valence-corrected chi connectivity index (χ0v) is 11.7. The lowest BCUT2D eigenvalue weighted by molar-refractivity contribution is 0.602. The Labute approximate surface area is 118 Å². The van der Waals surface area contributed by atoms with Crippen molar-refractivity contribution < 1.29 is 4.39 Å². The highest BCUT2D eigenvalue weighted by molar-refractivity contribution is 9.10. The summed E-state index contributed by atoms with van der Waals surface area (Å²) in [5, 5.41) is 8.89. The number of fused-ring (bicyclic) bond motifs is 1. The van der Waals surface area contributed by atoms with Gasteiger partial charge in [0.25, 0.3) is 0 Å². The highest BCUT2D eigenvalue weighted by Gasteiger charge is 2.19. The summed E-state index contributed by atoms with van der Waals surface area (Å²) >= 11 is 3.14. The second-order valence-electron chi connectivity index (χ2n) is 4.59. The van der Waals surface area contributed by atoms with E-state index in [0.29, 0.717) is 11.3 Å². The van der Waals surface area contributed by atoms with Crippen LogP contribution in [0.5, 0.6) is 0 Å². The van der Waals surface area contributed by atoms with Gasteiger partial charge in [0.15, 0.2) is 5.82 Å². The monoisotopic (exact) mass is 319 g/mol. The molecule has 1 aromatic carbocycles. The quantitative estimate of drug-likeness (QED) is 0.807. The third-order valence-corrected chi connectivity index (χ3v) is 4.25. The van der Waals surface area contributed by atoms with Crippen LogP contribution in [-0.4, -0.2) is 9.55 Å². The molecule has 3 nitrogen and oxygen atoms in total. The van der Waals surface area contributed by atoms with Crippen LogP contribution in [0, 0.1) is 17.1 Å². The number of halogens is 2. The molecule has 19 heavy (non-hydrogen) atoms. The fourth-order valence-electron chi connectivity index (χ4n) is 2.49. The van der Waals surface area contributed by atoms with Gasteiger partial charge in [-0.15, -0.1) is 0 Å². The molecule has 0 unspecified atom stereocenters. The summed E-state index contributed by atoms with van der Waals surface area (Å²) in [5.41, 5.74) is 2.89. The second-order valence-corrected chi connectivity index (χ2v) is 5.38. The van der Waals surface area contributed by atoms with Crippen molar-refractivity contribution in [3.8, 4) is 11.8 Å². The molecular formula is C14H11BrFN3. The predicted octanol–water partition coefficient (Wildman–Crippen LogP) is 3.52. The van der Waals surface area contributed by atoms with Crippen LogP contribution in [0.4, 0.5) is 4.39 Å². The van der Waals surface area contributed by atoms with Crippen LogP contribution in [0.2, 0.25) is 0 Å².